The summed E-state index contributed by atoms with van der Waals surface area (Å²) in [7, 11) is -2.84. The molecule has 0 spiro atoms. The number of sulfone groups is 1. The standard InChI is InChI=1S/C11H18N2O2S/c1-2-16(14,15)9-8-12-7-5-11-4-3-6-13-10-11/h3-4,6,10,12H,2,5,7-9H2,1H3. The van der Waals surface area contributed by atoms with E-state index in [1.54, 1.807) is 13.1 Å². The molecule has 1 rings (SSSR count). The second-order valence-corrected chi connectivity index (χ2v) is 6.07. The van der Waals surface area contributed by atoms with Crippen molar-refractivity contribution in [3.8, 4) is 0 Å². The summed E-state index contributed by atoms with van der Waals surface area (Å²) in [6.45, 7) is 2.98. The molecule has 0 aliphatic rings. The number of pyridine rings is 1. The molecule has 90 valence electrons. The first-order valence-corrected chi connectivity index (χ1v) is 7.26. The van der Waals surface area contributed by atoms with Gasteiger partial charge in [-0.25, -0.2) is 8.42 Å². The van der Waals surface area contributed by atoms with Crippen molar-refractivity contribution in [1.82, 2.24) is 10.3 Å². The van der Waals surface area contributed by atoms with E-state index >= 15 is 0 Å². The molecule has 1 N–H and O–H groups in total. The molecule has 5 heteroatoms. The van der Waals surface area contributed by atoms with Gasteiger partial charge in [0.1, 0.15) is 0 Å². The molecule has 0 saturated heterocycles. The van der Waals surface area contributed by atoms with Gasteiger partial charge in [0, 0.05) is 24.7 Å². The first-order valence-electron chi connectivity index (χ1n) is 5.44. The van der Waals surface area contributed by atoms with E-state index in [1.807, 2.05) is 18.3 Å². The SMILES string of the molecule is CCS(=O)(=O)CCNCCc1cccnc1. The third-order valence-corrected chi connectivity index (χ3v) is 4.05. The molecule has 0 atom stereocenters. The van der Waals surface area contributed by atoms with Crippen molar-refractivity contribution < 1.29 is 8.42 Å². The van der Waals surface area contributed by atoms with Crippen molar-refractivity contribution in [2.75, 3.05) is 24.6 Å². The molecule has 0 amide bonds. The summed E-state index contributed by atoms with van der Waals surface area (Å²) in [5.41, 5.74) is 1.16. The molecular formula is C11H18N2O2S. The second kappa shape index (κ2) is 6.60. The highest BCUT2D eigenvalue weighted by Gasteiger charge is 2.05. The summed E-state index contributed by atoms with van der Waals surface area (Å²) in [4.78, 5) is 4.01. The molecule has 0 aromatic carbocycles. The zero-order valence-electron chi connectivity index (χ0n) is 9.52. The Morgan fingerprint density at radius 2 is 2.19 bits per heavy atom. The topological polar surface area (TPSA) is 59.1 Å². The normalized spacial score (nSPS) is 11.6. The number of rotatable bonds is 7. The second-order valence-electron chi connectivity index (χ2n) is 3.60. The zero-order valence-corrected chi connectivity index (χ0v) is 10.3. The van der Waals surface area contributed by atoms with Crippen LogP contribution in [-0.2, 0) is 16.3 Å². The van der Waals surface area contributed by atoms with Gasteiger partial charge in [-0.3, -0.25) is 4.98 Å². The van der Waals surface area contributed by atoms with E-state index in [2.05, 4.69) is 10.3 Å². The van der Waals surface area contributed by atoms with Gasteiger partial charge in [-0.2, -0.15) is 0 Å². The number of hydrogen-bond acceptors (Lipinski definition) is 4. The summed E-state index contributed by atoms with van der Waals surface area (Å²) >= 11 is 0. The van der Waals surface area contributed by atoms with Crippen molar-refractivity contribution in [3.63, 3.8) is 0 Å². The molecule has 1 aromatic heterocycles. The van der Waals surface area contributed by atoms with E-state index in [4.69, 9.17) is 0 Å². The highest BCUT2D eigenvalue weighted by molar-refractivity contribution is 7.91. The molecule has 0 aliphatic heterocycles. The maximum Gasteiger partial charge on any atom is 0.151 e. The quantitative estimate of drug-likeness (QED) is 0.713. The van der Waals surface area contributed by atoms with Gasteiger partial charge in [-0.05, 0) is 24.6 Å². The number of nitrogens with one attached hydrogen (secondary N) is 1. The molecule has 16 heavy (non-hydrogen) atoms. The van der Waals surface area contributed by atoms with Crippen LogP contribution in [0.2, 0.25) is 0 Å². The lowest BCUT2D eigenvalue weighted by Gasteiger charge is -2.04. The Bertz CT molecular complexity index is 390. The van der Waals surface area contributed by atoms with Crippen molar-refractivity contribution >= 4 is 9.84 Å². The summed E-state index contributed by atoms with van der Waals surface area (Å²) in [6, 6.07) is 3.91. The molecule has 4 nitrogen and oxygen atoms in total. The van der Waals surface area contributed by atoms with Crippen molar-refractivity contribution in [1.29, 1.82) is 0 Å². The molecule has 0 radical (unpaired) electrons. The Balaban J connectivity index is 2.14. The lowest BCUT2D eigenvalue weighted by Crippen LogP contribution is -2.25. The fraction of sp³-hybridized carbons (Fsp3) is 0.545. The largest absolute Gasteiger partial charge is 0.315 e. The van der Waals surface area contributed by atoms with Gasteiger partial charge in [-0.1, -0.05) is 13.0 Å². The van der Waals surface area contributed by atoms with Crippen LogP contribution in [-0.4, -0.2) is 38.0 Å². The van der Waals surface area contributed by atoms with Gasteiger partial charge in [-0.15, -0.1) is 0 Å². The molecule has 0 aliphatic carbocycles. The number of nitrogens with zero attached hydrogens (tertiary/aromatic N) is 1. The molecule has 0 fully saturated rings. The molecule has 1 heterocycles. The van der Waals surface area contributed by atoms with Crippen LogP contribution in [0.1, 0.15) is 12.5 Å². The van der Waals surface area contributed by atoms with Crippen molar-refractivity contribution in [3.05, 3.63) is 30.1 Å². The first-order chi connectivity index (χ1) is 7.64. The molecular weight excluding hydrogens is 224 g/mol. The van der Waals surface area contributed by atoms with Crippen LogP contribution in [0.25, 0.3) is 0 Å². The Kier molecular flexibility index (Phi) is 5.42. The summed E-state index contributed by atoms with van der Waals surface area (Å²) in [5.74, 6) is 0.438. The first kappa shape index (κ1) is 13.1. The Hall–Kier alpha value is -0.940. The predicted molar refractivity (Wildman–Crippen MR) is 65.1 cm³/mol. The van der Waals surface area contributed by atoms with Crippen LogP contribution in [0.4, 0.5) is 0 Å². The number of aromatic nitrogens is 1. The summed E-state index contributed by atoms with van der Waals surface area (Å²) in [6.07, 6.45) is 4.44. The van der Waals surface area contributed by atoms with E-state index < -0.39 is 9.84 Å². The average Bonchev–Trinajstić information content (AvgIpc) is 2.30. The van der Waals surface area contributed by atoms with Crippen molar-refractivity contribution in [2.24, 2.45) is 0 Å². The smallest absolute Gasteiger partial charge is 0.151 e. The predicted octanol–water partition coefficient (Wildman–Crippen LogP) is 0.648. The summed E-state index contributed by atoms with van der Waals surface area (Å²) < 4.78 is 22.4. The van der Waals surface area contributed by atoms with Gasteiger partial charge in [0.2, 0.25) is 0 Å². The van der Waals surface area contributed by atoms with Gasteiger partial charge in [0.05, 0.1) is 5.75 Å². The lowest BCUT2D eigenvalue weighted by molar-refractivity contribution is 0.592. The molecule has 0 saturated carbocycles. The van der Waals surface area contributed by atoms with E-state index in [0.717, 1.165) is 18.5 Å². The minimum Gasteiger partial charge on any atom is -0.315 e. The third-order valence-electron chi connectivity index (χ3n) is 2.34. The monoisotopic (exact) mass is 242 g/mol. The number of hydrogen-bond donors (Lipinski definition) is 1. The van der Waals surface area contributed by atoms with Gasteiger partial charge in [0.25, 0.3) is 0 Å². The van der Waals surface area contributed by atoms with Crippen LogP contribution in [0.5, 0.6) is 0 Å². The lowest BCUT2D eigenvalue weighted by atomic mass is 10.2. The zero-order chi connectivity index (χ0) is 11.9. The maximum atomic E-state index is 11.2. The molecule has 1 aromatic rings. The average molecular weight is 242 g/mol. The van der Waals surface area contributed by atoms with Crippen LogP contribution in [0.15, 0.2) is 24.5 Å². The maximum absolute atomic E-state index is 11.2. The molecule has 0 unspecified atom stereocenters. The Morgan fingerprint density at radius 1 is 1.38 bits per heavy atom. The van der Waals surface area contributed by atoms with Crippen molar-refractivity contribution in [2.45, 2.75) is 13.3 Å². The van der Waals surface area contributed by atoms with E-state index in [-0.39, 0.29) is 11.5 Å². The van der Waals surface area contributed by atoms with Crippen LogP contribution in [0.3, 0.4) is 0 Å². The minimum absolute atomic E-state index is 0.219. The Labute approximate surface area is 97.0 Å². The van der Waals surface area contributed by atoms with Crippen LogP contribution in [0, 0.1) is 0 Å². The minimum atomic E-state index is -2.84. The van der Waals surface area contributed by atoms with E-state index in [1.165, 1.54) is 0 Å². The molecule has 0 bridgehead atoms. The van der Waals surface area contributed by atoms with Gasteiger partial charge in [0.15, 0.2) is 9.84 Å². The fourth-order valence-electron chi connectivity index (χ4n) is 1.28. The van der Waals surface area contributed by atoms with E-state index in [0.29, 0.717) is 6.54 Å². The fourth-order valence-corrected chi connectivity index (χ4v) is 2.02. The van der Waals surface area contributed by atoms with E-state index in [9.17, 15) is 8.42 Å². The van der Waals surface area contributed by atoms with Crippen LogP contribution >= 0.6 is 0 Å². The third kappa shape index (κ3) is 5.23. The Morgan fingerprint density at radius 3 is 2.81 bits per heavy atom. The van der Waals surface area contributed by atoms with Gasteiger partial charge >= 0.3 is 0 Å². The summed E-state index contributed by atoms with van der Waals surface area (Å²) in [5, 5.41) is 3.12. The van der Waals surface area contributed by atoms with Crippen LogP contribution < -0.4 is 5.32 Å². The highest BCUT2D eigenvalue weighted by Crippen LogP contribution is 1.95. The van der Waals surface area contributed by atoms with Gasteiger partial charge < -0.3 is 5.32 Å². The highest BCUT2D eigenvalue weighted by atomic mass is 32.2.